The number of aryl methyl sites for hydroxylation is 1. The molecule has 0 atom stereocenters. The molecule has 3 N–H and O–H groups in total. The molecule has 12 nitrogen and oxygen atoms in total. The van der Waals surface area contributed by atoms with E-state index in [-0.39, 0.29) is 28.8 Å². The summed E-state index contributed by atoms with van der Waals surface area (Å²) in [5, 5.41) is 13.2. The molecule has 0 unspecified atom stereocenters. The van der Waals surface area contributed by atoms with E-state index < -0.39 is 29.0 Å². The molecule has 0 fully saturated rings. The third-order valence-corrected chi connectivity index (χ3v) is 7.86. The fourth-order valence-corrected chi connectivity index (χ4v) is 5.54. The van der Waals surface area contributed by atoms with Gasteiger partial charge in [0.15, 0.2) is 11.6 Å². The van der Waals surface area contributed by atoms with Gasteiger partial charge < -0.3 is 25.3 Å². The zero-order valence-corrected chi connectivity index (χ0v) is 26.5. The number of benzene rings is 2. The van der Waals surface area contributed by atoms with E-state index in [1.165, 1.54) is 6.20 Å². The van der Waals surface area contributed by atoms with Crippen LogP contribution in [0.1, 0.15) is 70.8 Å². The van der Waals surface area contributed by atoms with Gasteiger partial charge in [-0.1, -0.05) is 42.5 Å². The number of aromatic nitrogens is 4. The van der Waals surface area contributed by atoms with Crippen LogP contribution in [0.5, 0.6) is 0 Å². The normalized spacial score (nSPS) is 11.7. The van der Waals surface area contributed by atoms with Crippen LogP contribution in [-0.4, -0.2) is 48.7 Å². The molecule has 5 rings (SSSR count). The molecule has 0 aliphatic heterocycles. The first-order valence-electron chi connectivity index (χ1n) is 14.1. The van der Waals surface area contributed by atoms with Gasteiger partial charge in [0.1, 0.15) is 10.4 Å². The van der Waals surface area contributed by atoms with E-state index >= 15 is 0 Å². The molecule has 0 bridgehead atoms. The minimum Gasteiger partial charge on any atom is -0.442 e. The molecule has 5 aromatic rings. The van der Waals surface area contributed by atoms with E-state index in [2.05, 4.69) is 26.0 Å². The van der Waals surface area contributed by atoms with Crippen molar-refractivity contribution in [1.82, 2.24) is 24.6 Å². The lowest BCUT2D eigenvalue weighted by Crippen LogP contribution is -2.40. The van der Waals surface area contributed by atoms with Crippen LogP contribution in [0.25, 0.3) is 10.2 Å². The molecular weight excluding hydrogens is 594 g/mol. The number of imidazole rings is 1. The van der Waals surface area contributed by atoms with Crippen LogP contribution in [0, 0.1) is 0 Å². The van der Waals surface area contributed by atoms with Crippen molar-refractivity contribution in [3.63, 3.8) is 0 Å². The van der Waals surface area contributed by atoms with Gasteiger partial charge in [-0.3, -0.25) is 14.4 Å². The van der Waals surface area contributed by atoms with Crippen molar-refractivity contribution in [3.8, 4) is 0 Å². The zero-order chi connectivity index (χ0) is 32.5. The molecule has 3 amide bonds. The van der Waals surface area contributed by atoms with Crippen LogP contribution >= 0.6 is 11.3 Å². The predicted molar refractivity (Wildman–Crippen MR) is 172 cm³/mol. The Morgan fingerprint density at radius 1 is 0.867 bits per heavy atom. The number of hydrogen-bond acceptors (Lipinski definition) is 8. The van der Waals surface area contributed by atoms with Crippen molar-refractivity contribution in [2.75, 3.05) is 10.6 Å². The first kappa shape index (κ1) is 31.1. The standard InChI is InChI=1S/C32H33N7O5S/c1-31(2,3)44-30(43)39-29-21(18-23(45-29)27(41)36-32(4,5)19-12-8-7-9-13-19)24(37-39)35-26(40)20-14-10-11-15-22(20)34-28(42)25-33-16-17-38(25)6/h7-18H,1-6H3,(H,34,42)(H,36,41)(H,35,37,40). The van der Waals surface area contributed by atoms with Gasteiger partial charge in [-0.05, 0) is 58.4 Å². The summed E-state index contributed by atoms with van der Waals surface area (Å²) >= 11 is 1.05. The number of nitrogens with one attached hydrogen (secondary N) is 3. The van der Waals surface area contributed by atoms with E-state index in [1.807, 2.05) is 44.2 Å². The average molecular weight is 628 g/mol. The molecule has 3 aromatic heterocycles. The van der Waals surface area contributed by atoms with Gasteiger partial charge in [-0.25, -0.2) is 9.78 Å². The predicted octanol–water partition coefficient (Wildman–Crippen LogP) is 5.78. The van der Waals surface area contributed by atoms with Crippen molar-refractivity contribution in [1.29, 1.82) is 0 Å². The van der Waals surface area contributed by atoms with Gasteiger partial charge in [0.2, 0.25) is 0 Å². The summed E-state index contributed by atoms with van der Waals surface area (Å²) in [5.74, 6) is -1.23. The molecule has 0 saturated carbocycles. The monoisotopic (exact) mass is 627 g/mol. The van der Waals surface area contributed by atoms with Crippen LogP contribution in [0.15, 0.2) is 73.1 Å². The number of carbonyl (C=O) groups is 4. The van der Waals surface area contributed by atoms with E-state index in [4.69, 9.17) is 4.74 Å². The molecule has 0 radical (unpaired) electrons. The minimum atomic E-state index is -0.819. The molecule has 0 aliphatic rings. The summed E-state index contributed by atoms with van der Waals surface area (Å²) in [6.45, 7) is 8.97. The fraction of sp³-hybridized carbons (Fsp3) is 0.250. The number of ether oxygens (including phenoxy) is 1. The number of nitrogens with zero attached hydrogens (tertiary/aromatic N) is 4. The largest absolute Gasteiger partial charge is 0.442 e. The van der Waals surface area contributed by atoms with Crippen molar-refractivity contribution in [2.24, 2.45) is 7.05 Å². The van der Waals surface area contributed by atoms with Gasteiger partial charge in [0.25, 0.3) is 17.7 Å². The summed E-state index contributed by atoms with van der Waals surface area (Å²) in [7, 11) is 1.69. The van der Waals surface area contributed by atoms with E-state index in [0.717, 1.165) is 21.6 Å². The Labute approximate surface area is 263 Å². The summed E-state index contributed by atoms with van der Waals surface area (Å²) in [5.41, 5.74) is -0.190. The lowest BCUT2D eigenvalue weighted by molar-refractivity contribution is 0.0523. The maximum atomic E-state index is 13.6. The molecule has 232 valence electrons. The van der Waals surface area contributed by atoms with Crippen LogP contribution in [0.2, 0.25) is 0 Å². The van der Waals surface area contributed by atoms with E-state index in [0.29, 0.717) is 15.1 Å². The fourth-order valence-electron chi connectivity index (χ4n) is 4.54. The third kappa shape index (κ3) is 6.78. The molecule has 13 heteroatoms. The van der Waals surface area contributed by atoms with Gasteiger partial charge >= 0.3 is 6.09 Å². The van der Waals surface area contributed by atoms with Gasteiger partial charge in [-0.2, -0.15) is 4.68 Å². The Balaban J connectivity index is 1.47. The van der Waals surface area contributed by atoms with Crippen LogP contribution < -0.4 is 16.0 Å². The highest BCUT2D eigenvalue weighted by Gasteiger charge is 2.29. The summed E-state index contributed by atoms with van der Waals surface area (Å²) in [6.07, 6.45) is 2.37. The Morgan fingerprint density at radius 2 is 1.56 bits per heavy atom. The average Bonchev–Trinajstić information content (AvgIpc) is 3.69. The molecule has 0 spiro atoms. The van der Waals surface area contributed by atoms with Gasteiger partial charge in [0.05, 0.1) is 27.1 Å². The molecule has 2 aromatic carbocycles. The van der Waals surface area contributed by atoms with Crippen molar-refractivity contribution in [3.05, 3.63) is 94.9 Å². The van der Waals surface area contributed by atoms with E-state index in [9.17, 15) is 19.2 Å². The number of carbonyl (C=O) groups excluding carboxylic acids is 4. The summed E-state index contributed by atoms with van der Waals surface area (Å²) < 4.78 is 8.15. The third-order valence-electron chi connectivity index (χ3n) is 6.75. The summed E-state index contributed by atoms with van der Waals surface area (Å²) in [6, 6.07) is 17.6. The zero-order valence-electron chi connectivity index (χ0n) is 25.7. The van der Waals surface area contributed by atoms with Crippen molar-refractivity contribution >= 4 is 56.9 Å². The van der Waals surface area contributed by atoms with Gasteiger partial charge in [-0.15, -0.1) is 16.4 Å². The number of fused-ring (bicyclic) bond motifs is 1. The second kappa shape index (κ2) is 12.0. The highest BCUT2D eigenvalue weighted by Crippen LogP contribution is 2.33. The van der Waals surface area contributed by atoms with Crippen LogP contribution in [0.4, 0.5) is 16.3 Å². The number of thiophene rings is 1. The summed E-state index contributed by atoms with van der Waals surface area (Å²) in [4.78, 5) is 57.7. The molecule has 45 heavy (non-hydrogen) atoms. The lowest BCUT2D eigenvalue weighted by atomic mass is 9.94. The van der Waals surface area contributed by atoms with Crippen molar-refractivity contribution < 1.29 is 23.9 Å². The van der Waals surface area contributed by atoms with Crippen LogP contribution in [-0.2, 0) is 17.3 Å². The van der Waals surface area contributed by atoms with E-state index in [1.54, 1.807) is 68.9 Å². The van der Waals surface area contributed by atoms with Crippen LogP contribution in [0.3, 0.4) is 0 Å². The number of rotatable bonds is 7. The highest BCUT2D eigenvalue weighted by atomic mass is 32.1. The first-order valence-corrected chi connectivity index (χ1v) is 14.9. The maximum Gasteiger partial charge on any atom is 0.436 e. The van der Waals surface area contributed by atoms with Gasteiger partial charge in [0, 0.05) is 19.4 Å². The minimum absolute atomic E-state index is 0.0451. The molecule has 0 aliphatic carbocycles. The Kier molecular flexibility index (Phi) is 8.30. The second-order valence-corrected chi connectivity index (χ2v) is 12.9. The number of anilines is 2. The number of para-hydroxylation sites is 1. The topological polar surface area (TPSA) is 149 Å². The SMILES string of the molecule is Cn1ccnc1C(=O)Nc1ccccc1C(=O)Nc1nn(C(=O)OC(C)(C)C)c2sc(C(=O)NC(C)(C)c3ccccc3)cc12. The maximum absolute atomic E-state index is 13.6. The molecular formula is C32H33N7O5S. The second-order valence-electron chi connectivity index (χ2n) is 11.8. The Bertz CT molecular complexity index is 1910. The number of amides is 3. The number of hydrogen-bond donors (Lipinski definition) is 3. The Morgan fingerprint density at radius 3 is 2.22 bits per heavy atom. The smallest absolute Gasteiger partial charge is 0.436 e. The highest BCUT2D eigenvalue weighted by molar-refractivity contribution is 7.20. The first-order chi connectivity index (χ1) is 21.2. The molecule has 3 heterocycles. The van der Waals surface area contributed by atoms with Crippen molar-refractivity contribution in [2.45, 2.75) is 45.8 Å². The lowest BCUT2D eigenvalue weighted by Gasteiger charge is -2.26. The Hall–Kier alpha value is -5.30. The quantitative estimate of drug-likeness (QED) is 0.207. The molecule has 0 saturated heterocycles.